The normalized spacial score (nSPS) is 13.0. The van der Waals surface area contributed by atoms with Crippen molar-refractivity contribution in [2.24, 2.45) is 0 Å². The predicted octanol–water partition coefficient (Wildman–Crippen LogP) is 3.95. The van der Waals surface area contributed by atoms with E-state index >= 15 is 0 Å². The standard InChI is InChI=1S/C18H18Cl2N2O4/c1-9(14-5-4-13(19)7-15(14)20)22-17(24)11(3)26-18(25)16-6-12(8-21-16)10(2)23/h4-9,11,21H,1-3H3,(H,22,24)/t9-,11+/m1/s1. The average Bonchev–Trinajstić information content (AvgIpc) is 3.04. The number of ketones is 1. The Hall–Kier alpha value is -2.31. The van der Waals surface area contributed by atoms with Crippen LogP contribution in [0.15, 0.2) is 30.5 Å². The summed E-state index contributed by atoms with van der Waals surface area (Å²) in [6.07, 6.45) is 0.383. The van der Waals surface area contributed by atoms with E-state index in [9.17, 15) is 14.4 Å². The number of nitrogens with one attached hydrogen (secondary N) is 2. The Morgan fingerprint density at radius 1 is 1.15 bits per heavy atom. The van der Waals surface area contributed by atoms with Crippen molar-refractivity contribution >= 4 is 40.9 Å². The molecule has 1 aromatic heterocycles. The summed E-state index contributed by atoms with van der Waals surface area (Å²) in [5.74, 6) is -1.38. The maximum absolute atomic E-state index is 12.3. The first kappa shape index (κ1) is 20.0. The van der Waals surface area contributed by atoms with E-state index in [0.717, 1.165) is 0 Å². The van der Waals surface area contributed by atoms with Crippen LogP contribution in [0.25, 0.3) is 0 Å². The number of benzene rings is 1. The van der Waals surface area contributed by atoms with Crippen molar-refractivity contribution in [1.82, 2.24) is 10.3 Å². The molecule has 2 N–H and O–H groups in total. The molecule has 0 bridgehead atoms. The van der Waals surface area contributed by atoms with Gasteiger partial charge in [0.1, 0.15) is 5.69 Å². The van der Waals surface area contributed by atoms with Crippen LogP contribution >= 0.6 is 23.2 Å². The first-order chi connectivity index (χ1) is 12.2. The number of halogens is 2. The summed E-state index contributed by atoms with van der Waals surface area (Å²) in [6.45, 7) is 4.60. The molecule has 0 spiro atoms. The third-order valence-corrected chi connectivity index (χ3v) is 4.31. The van der Waals surface area contributed by atoms with Gasteiger partial charge >= 0.3 is 5.97 Å². The molecule has 2 atom stereocenters. The topological polar surface area (TPSA) is 88.3 Å². The van der Waals surface area contributed by atoms with Gasteiger partial charge in [-0.2, -0.15) is 0 Å². The summed E-state index contributed by atoms with van der Waals surface area (Å²) in [7, 11) is 0. The van der Waals surface area contributed by atoms with Gasteiger partial charge in [0, 0.05) is 21.8 Å². The Morgan fingerprint density at radius 2 is 1.85 bits per heavy atom. The van der Waals surface area contributed by atoms with Crippen molar-refractivity contribution in [2.45, 2.75) is 32.9 Å². The molecule has 8 heteroatoms. The van der Waals surface area contributed by atoms with Crippen molar-refractivity contribution in [3.63, 3.8) is 0 Å². The third-order valence-electron chi connectivity index (χ3n) is 3.75. The van der Waals surface area contributed by atoms with Crippen LogP contribution in [0.5, 0.6) is 0 Å². The average molecular weight is 397 g/mol. The van der Waals surface area contributed by atoms with Gasteiger partial charge in [-0.1, -0.05) is 29.3 Å². The van der Waals surface area contributed by atoms with Gasteiger partial charge in [-0.05, 0) is 44.5 Å². The highest BCUT2D eigenvalue weighted by Crippen LogP contribution is 2.26. The zero-order chi connectivity index (χ0) is 19.4. The van der Waals surface area contributed by atoms with Gasteiger partial charge in [-0.15, -0.1) is 0 Å². The summed E-state index contributed by atoms with van der Waals surface area (Å²) < 4.78 is 5.13. The second kappa shape index (κ2) is 8.38. The van der Waals surface area contributed by atoms with E-state index in [1.165, 1.54) is 26.1 Å². The number of carbonyl (C=O) groups is 3. The molecule has 1 aromatic carbocycles. The lowest BCUT2D eigenvalue weighted by molar-refractivity contribution is -0.129. The fourth-order valence-corrected chi connectivity index (χ4v) is 2.83. The van der Waals surface area contributed by atoms with Crippen LogP contribution in [0.4, 0.5) is 0 Å². The van der Waals surface area contributed by atoms with Crippen LogP contribution in [0.2, 0.25) is 10.0 Å². The number of ether oxygens (including phenoxy) is 1. The monoisotopic (exact) mass is 396 g/mol. The van der Waals surface area contributed by atoms with Crippen molar-refractivity contribution in [3.8, 4) is 0 Å². The van der Waals surface area contributed by atoms with Crippen molar-refractivity contribution in [1.29, 1.82) is 0 Å². The number of rotatable bonds is 6. The summed E-state index contributed by atoms with van der Waals surface area (Å²) in [4.78, 5) is 38.2. The molecule has 0 aliphatic carbocycles. The molecule has 0 aliphatic rings. The van der Waals surface area contributed by atoms with E-state index in [1.807, 2.05) is 0 Å². The molecular weight excluding hydrogens is 379 g/mol. The fraction of sp³-hybridized carbons (Fsp3) is 0.278. The number of amides is 1. The van der Waals surface area contributed by atoms with E-state index in [1.54, 1.807) is 25.1 Å². The number of H-pyrrole nitrogens is 1. The number of carbonyl (C=O) groups excluding carboxylic acids is 3. The Balaban J connectivity index is 1.97. The van der Waals surface area contributed by atoms with E-state index in [0.29, 0.717) is 21.2 Å². The molecule has 138 valence electrons. The lowest BCUT2D eigenvalue weighted by atomic mass is 10.1. The minimum Gasteiger partial charge on any atom is -0.448 e. The lowest BCUT2D eigenvalue weighted by Gasteiger charge is -2.19. The van der Waals surface area contributed by atoms with Crippen LogP contribution < -0.4 is 5.32 Å². The van der Waals surface area contributed by atoms with Crippen molar-refractivity contribution in [3.05, 3.63) is 57.3 Å². The molecule has 1 amide bonds. The van der Waals surface area contributed by atoms with Crippen molar-refractivity contribution in [2.75, 3.05) is 0 Å². The molecule has 26 heavy (non-hydrogen) atoms. The van der Waals surface area contributed by atoms with E-state index in [-0.39, 0.29) is 11.5 Å². The second-order valence-electron chi connectivity index (χ2n) is 5.80. The van der Waals surface area contributed by atoms with Gasteiger partial charge in [0.2, 0.25) is 0 Å². The van der Waals surface area contributed by atoms with E-state index in [4.69, 9.17) is 27.9 Å². The third kappa shape index (κ3) is 4.86. The molecule has 2 aromatic rings. The molecule has 0 saturated heterocycles. The number of aromatic nitrogens is 1. The Labute approximate surface area is 160 Å². The first-order valence-electron chi connectivity index (χ1n) is 7.84. The van der Waals surface area contributed by atoms with E-state index < -0.39 is 24.0 Å². The van der Waals surface area contributed by atoms with Crippen LogP contribution in [0.1, 0.15) is 53.2 Å². The zero-order valence-electron chi connectivity index (χ0n) is 14.4. The van der Waals surface area contributed by atoms with Gasteiger partial charge < -0.3 is 15.0 Å². The molecule has 0 unspecified atom stereocenters. The highest BCUT2D eigenvalue weighted by molar-refractivity contribution is 6.35. The zero-order valence-corrected chi connectivity index (χ0v) is 15.9. The maximum Gasteiger partial charge on any atom is 0.355 e. The second-order valence-corrected chi connectivity index (χ2v) is 6.65. The molecule has 1 heterocycles. The molecule has 0 radical (unpaired) electrons. The molecular formula is C18H18Cl2N2O4. The van der Waals surface area contributed by atoms with Crippen LogP contribution in [-0.4, -0.2) is 28.7 Å². The van der Waals surface area contributed by atoms with Crippen LogP contribution in [0.3, 0.4) is 0 Å². The smallest absolute Gasteiger partial charge is 0.355 e. The quantitative estimate of drug-likeness (QED) is 0.571. The summed E-state index contributed by atoms with van der Waals surface area (Å²) in [5, 5.41) is 3.65. The molecule has 0 saturated carbocycles. The van der Waals surface area contributed by atoms with Gasteiger partial charge in [-0.25, -0.2) is 4.79 Å². The van der Waals surface area contributed by atoms with Crippen molar-refractivity contribution < 1.29 is 19.1 Å². The predicted molar refractivity (Wildman–Crippen MR) is 98.7 cm³/mol. The number of Topliss-reactive ketones (excluding diaryl/α,β-unsaturated/α-hetero) is 1. The largest absolute Gasteiger partial charge is 0.448 e. The molecule has 0 fully saturated rings. The molecule has 2 rings (SSSR count). The van der Waals surface area contributed by atoms with Crippen LogP contribution in [0, 0.1) is 0 Å². The van der Waals surface area contributed by atoms with E-state index in [2.05, 4.69) is 10.3 Å². The molecule has 0 aliphatic heterocycles. The van der Waals surface area contributed by atoms with Gasteiger partial charge in [0.25, 0.3) is 5.91 Å². The fourth-order valence-electron chi connectivity index (χ4n) is 2.25. The SMILES string of the molecule is CC(=O)c1c[nH]c(C(=O)O[C@@H](C)C(=O)N[C@H](C)c2ccc(Cl)cc2Cl)c1. The number of aromatic amines is 1. The minimum atomic E-state index is -1.03. The Bertz CT molecular complexity index is 847. The highest BCUT2D eigenvalue weighted by atomic mass is 35.5. The summed E-state index contributed by atoms with van der Waals surface area (Å²) in [5.41, 5.74) is 1.15. The maximum atomic E-state index is 12.3. The van der Waals surface area contributed by atoms with Gasteiger partial charge in [0.15, 0.2) is 11.9 Å². The lowest BCUT2D eigenvalue weighted by Crippen LogP contribution is -2.37. The highest BCUT2D eigenvalue weighted by Gasteiger charge is 2.22. The summed E-state index contributed by atoms with van der Waals surface area (Å²) in [6, 6.07) is 5.96. The van der Waals surface area contributed by atoms with Gasteiger partial charge in [0.05, 0.1) is 6.04 Å². The van der Waals surface area contributed by atoms with Crippen LogP contribution in [-0.2, 0) is 9.53 Å². The van der Waals surface area contributed by atoms with Gasteiger partial charge in [-0.3, -0.25) is 9.59 Å². The Morgan fingerprint density at radius 3 is 2.42 bits per heavy atom. The number of hydrogen-bond donors (Lipinski definition) is 2. The Kier molecular flexibility index (Phi) is 6.45. The molecule has 6 nitrogen and oxygen atoms in total. The summed E-state index contributed by atoms with van der Waals surface area (Å²) >= 11 is 12.0. The number of hydrogen-bond acceptors (Lipinski definition) is 4. The number of esters is 1. The first-order valence-corrected chi connectivity index (χ1v) is 8.60. The minimum absolute atomic E-state index is 0.101.